The van der Waals surface area contributed by atoms with Gasteiger partial charge in [0.05, 0.1) is 17.3 Å². The lowest BCUT2D eigenvalue weighted by atomic mass is 9.95. The van der Waals surface area contributed by atoms with Crippen molar-refractivity contribution in [1.29, 1.82) is 0 Å². The molecule has 0 bridgehead atoms. The van der Waals surface area contributed by atoms with Gasteiger partial charge in [0.2, 0.25) is 5.78 Å². The molecule has 1 atom stereocenters. The Morgan fingerprint density at radius 3 is 2.53 bits per heavy atom. The number of anilines is 1. The lowest BCUT2D eigenvalue weighted by Gasteiger charge is -2.27. The normalized spacial score (nSPS) is 16.2. The van der Waals surface area contributed by atoms with Crippen LogP contribution in [0.2, 0.25) is 5.02 Å². The minimum atomic E-state index is -1.03. The first-order chi connectivity index (χ1) is 15.5. The molecule has 2 N–H and O–H groups in total. The first-order valence-corrected chi connectivity index (χ1v) is 10.0. The Balaban J connectivity index is 1.69. The standard InChI is InChI=1S/C24H15ClN2O5/c25-15-5-6-17(28)16(12-15)27-21(13-7-9-26-10-8-13)20(23(30)24(27)31)22(29)19-11-14-3-1-2-4-18(14)32-19/h1-12,21,28,30H. The van der Waals surface area contributed by atoms with E-state index in [2.05, 4.69) is 4.98 Å². The molecule has 0 aliphatic carbocycles. The van der Waals surface area contributed by atoms with Gasteiger partial charge in [0.15, 0.2) is 11.5 Å². The van der Waals surface area contributed by atoms with Crippen LogP contribution in [0.15, 0.2) is 88.8 Å². The van der Waals surface area contributed by atoms with E-state index in [0.717, 1.165) is 4.90 Å². The van der Waals surface area contributed by atoms with Gasteiger partial charge >= 0.3 is 0 Å². The van der Waals surface area contributed by atoms with E-state index in [0.29, 0.717) is 16.5 Å². The van der Waals surface area contributed by atoms with Gasteiger partial charge in [0, 0.05) is 22.8 Å². The Labute approximate surface area is 186 Å². The number of rotatable bonds is 4. The molecule has 2 aromatic carbocycles. The third-order valence-electron chi connectivity index (χ3n) is 5.32. The first kappa shape index (κ1) is 19.8. The number of ketones is 1. The molecule has 7 nitrogen and oxygen atoms in total. The van der Waals surface area contributed by atoms with Gasteiger partial charge in [-0.25, -0.2) is 0 Å². The second kappa shape index (κ2) is 7.55. The monoisotopic (exact) mass is 446 g/mol. The molecule has 0 radical (unpaired) electrons. The molecule has 1 aliphatic rings. The quantitative estimate of drug-likeness (QED) is 0.429. The Morgan fingerprint density at radius 2 is 1.78 bits per heavy atom. The Hall–Kier alpha value is -4.10. The lowest BCUT2D eigenvalue weighted by Crippen LogP contribution is -2.31. The number of nitrogens with zero attached hydrogens (tertiary/aromatic N) is 2. The fourth-order valence-electron chi connectivity index (χ4n) is 3.86. The molecule has 32 heavy (non-hydrogen) atoms. The van der Waals surface area contributed by atoms with Crippen LogP contribution in [0.1, 0.15) is 22.2 Å². The zero-order valence-electron chi connectivity index (χ0n) is 16.4. The number of hydrogen-bond donors (Lipinski definition) is 2. The summed E-state index contributed by atoms with van der Waals surface area (Å²) >= 11 is 6.10. The van der Waals surface area contributed by atoms with Gasteiger partial charge in [0.25, 0.3) is 5.91 Å². The third kappa shape index (κ3) is 3.11. The average molecular weight is 447 g/mol. The van der Waals surface area contributed by atoms with Gasteiger partial charge in [0.1, 0.15) is 11.3 Å². The Bertz CT molecular complexity index is 1380. The highest BCUT2D eigenvalue weighted by atomic mass is 35.5. The third-order valence-corrected chi connectivity index (χ3v) is 5.56. The van der Waals surface area contributed by atoms with Gasteiger partial charge in [-0.3, -0.25) is 19.5 Å². The van der Waals surface area contributed by atoms with E-state index in [4.69, 9.17) is 16.0 Å². The van der Waals surface area contributed by atoms with Crippen LogP contribution in [0.4, 0.5) is 5.69 Å². The molecule has 1 aliphatic heterocycles. The molecule has 158 valence electrons. The van der Waals surface area contributed by atoms with Gasteiger partial charge < -0.3 is 14.6 Å². The van der Waals surface area contributed by atoms with E-state index in [9.17, 15) is 19.8 Å². The maximum Gasteiger partial charge on any atom is 0.294 e. The van der Waals surface area contributed by atoms with Crippen molar-refractivity contribution >= 4 is 39.9 Å². The second-order valence-electron chi connectivity index (χ2n) is 7.23. The minimum absolute atomic E-state index is 0.0169. The zero-order valence-corrected chi connectivity index (χ0v) is 17.2. The van der Waals surface area contributed by atoms with E-state index >= 15 is 0 Å². The number of carbonyl (C=O) groups excluding carboxylic acids is 2. The van der Waals surface area contributed by atoms with Crippen LogP contribution in [-0.4, -0.2) is 26.9 Å². The van der Waals surface area contributed by atoms with Gasteiger partial charge in [-0.05, 0) is 48.0 Å². The molecule has 4 aromatic rings. The van der Waals surface area contributed by atoms with Gasteiger partial charge in [-0.1, -0.05) is 29.8 Å². The van der Waals surface area contributed by atoms with Crippen molar-refractivity contribution in [2.45, 2.75) is 6.04 Å². The summed E-state index contributed by atoms with van der Waals surface area (Å²) in [7, 11) is 0. The van der Waals surface area contributed by atoms with Crippen LogP contribution >= 0.6 is 11.6 Å². The number of aliphatic hydroxyl groups excluding tert-OH is 1. The van der Waals surface area contributed by atoms with Crippen molar-refractivity contribution in [3.8, 4) is 5.75 Å². The molecule has 0 spiro atoms. The number of amides is 1. The SMILES string of the molecule is O=C(C1=C(O)C(=O)N(c2cc(Cl)ccc2O)C1c1ccncc1)c1cc2ccccc2o1. The summed E-state index contributed by atoms with van der Waals surface area (Å²) in [6, 6.07) is 15.1. The summed E-state index contributed by atoms with van der Waals surface area (Å²) in [6.45, 7) is 0. The zero-order chi connectivity index (χ0) is 22.4. The summed E-state index contributed by atoms with van der Waals surface area (Å²) in [5.41, 5.74) is 0.907. The van der Waals surface area contributed by atoms with E-state index in [-0.39, 0.29) is 27.8 Å². The maximum absolute atomic E-state index is 13.5. The summed E-state index contributed by atoms with van der Waals surface area (Å²) in [4.78, 5) is 31.8. The number of carbonyl (C=O) groups is 2. The average Bonchev–Trinajstić information content (AvgIpc) is 3.35. The van der Waals surface area contributed by atoms with Crippen LogP contribution < -0.4 is 4.90 Å². The summed E-state index contributed by atoms with van der Waals surface area (Å²) in [5, 5.41) is 22.2. The highest BCUT2D eigenvalue weighted by Crippen LogP contribution is 2.45. The van der Waals surface area contributed by atoms with Gasteiger partial charge in [-0.2, -0.15) is 0 Å². The molecule has 3 heterocycles. The predicted molar refractivity (Wildman–Crippen MR) is 118 cm³/mol. The summed E-state index contributed by atoms with van der Waals surface area (Å²) in [5.74, 6) is -2.46. The largest absolute Gasteiger partial charge is 0.506 e. The summed E-state index contributed by atoms with van der Waals surface area (Å²) < 4.78 is 5.69. The van der Waals surface area contributed by atoms with Crippen molar-refractivity contribution in [2.24, 2.45) is 0 Å². The number of furan rings is 1. The molecule has 0 fully saturated rings. The molecule has 1 unspecified atom stereocenters. The lowest BCUT2D eigenvalue weighted by molar-refractivity contribution is -0.117. The van der Waals surface area contributed by atoms with Crippen molar-refractivity contribution in [2.75, 3.05) is 4.90 Å². The van der Waals surface area contributed by atoms with E-state index < -0.39 is 23.5 Å². The Morgan fingerprint density at radius 1 is 1.03 bits per heavy atom. The number of aromatic nitrogens is 1. The van der Waals surface area contributed by atoms with Crippen LogP contribution in [0.3, 0.4) is 0 Å². The summed E-state index contributed by atoms with van der Waals surface area (Å²) in [6.07, 6.45) is 3.02. The number of para-hydroxylation sites is 1. The van der Waals surface area contributed by atoms with Crippen LogP contribution in [0.5, 0.6) is 5.75 Å². The number of halogens is 1. The smallest absolute Gasteiger partial charge is 0.294 e. The maximum atomic E-state index is 13.5. The fourth-order valence-corrected chi connectivity index (χ4v) is 4.03. The number of fused-ring (bicyclic) bond motifs is 1. The molecular formula is C24H15ClN2O5. The van der Waals surface area contributed by atoms with Crippen LogP contribution in [-0.2, 0) is 4.79 Å². The molecule has 5 rings (SSSR count). The number of pyridine rings is 1. The molecular weight excluding hydrogens is 432 g/mol. The molecule has 0 saturated heterocycles. The minimum Gasteiger partial charge on any atom is -0.506 e. The fraction of sp³-hybridized carbons (Fsp3) is 0.0417. The number of phenolic OH excluding ortho intramolecular Hbond substituents is 1. The number of phenols is 1. The molecule has 0 saturated carbocycles. The highest BCUT2D eigenvalue weighted by Gasteiger charge is 2.46. The Kier molecular flexibility index (Phi) is 4.68. The van der Waals surface area contributed by atoms with Crippen molar-refractivity contribution in [3.05, 3.63) is 101 Å². The number of aromatic hydroxyl groups is 1. The highest BCUT2D eigenvalue weighted by molar-refractivity contribution is 6.31. The van der Waals surface area contributed by atoms with E-state index in [1.807, 2.05) is 6.07 Å². The number of Topliss-reactive ketones (excluding diaryl/α,β-unsaturated/α-hetero) is 1. The van der Waals surface area contributed by atoms with E-state index in [1.54, 1.807) is 36.4 Å². The topological polar surface area (TPSA) is 104 Å². The van der Waals surface area contributed by atoms with Crippen molar-refractivity contribution < 1.29 is 24.2 Å². The molecule has 8 heteroatoms. The predicted octanol–water partition coefficient (Wildman–Crippen LogP) is 4.97. The number of aliphatic hydroxyl groups is 1. The van der Waals surface area contributed by atoms with Crippen molar-refractivity contribution in [3.63, 3.8) is 0 Å². The number of hydrogen-bond acceptors (Lipinski definition) is 6. The molecule has 2 aromatic heterocycles. The number of benzene rings is 2. The first-order valence-electron chi connectivity index (χ1n) is 9.64. The second-order valence-corrected chi connectivity index (χ2v) is 7.67. The molecule has 1 amide bonds. The van der Waals surface area contributed by atoms with Crippen LogP contribution in [0.25, 0.3) is 11.0 Å². The van der Waals surface area contributed by atoms with Crippen LogP contribution in [0, 0.1) is 0 Å². The van der Waals surface area contributed by atoms with Crippen molar-refractivity contribution in [1.82, 2.24) is 4.98 Å². The van der Waals surface area contributed by atoms with E-state index in [1.165, 1.54) is 30.6 Å². The van der Waals surface area contributed by atoms with Gasteiger partial charge in [-0.15, -0.1) is 0 Å².